The molecule has 1 rings (SSSR count). The number of nitrogens with two attached hydrogens (primary N) is 1. The number of hydrogen-bond acceptors (Lipinski definition) is 5. The molecule has 0 aliphatic carbocycles. The summed E-state index contributed by atoms with van der Waals surface area (Å²) in [6.07, 6.45) is 0. The van der Waals surface area contributed by atoms with Crippen LogP contribution in [-0.2, 0) is 6.54 Å². The van der Waals surface area contributed by atoms with E-state index in [0.29, 0.717) is 12.2 Å². The van der Waals surface area contributed by atoms with Crippen molar-refractivity contribution in [2.24, 2.45) is 10.8 Å². The monoisotopic (exact) mass is 199 g/mol. The van der Waals surface area contributed by atoms with E-state index in [2.05, 4.69) is 10.5 Å². The van der Waals surface area contributed by atoms with Crippen LogP contribution in [0.2, 0.25) is 0 Å². The van der Waals surface area contributed by atoms with E-state index in [1.807, 2.05) is 12.1 Å². The molecule has 0 bridgehead atoms. The fourth-order valence-electron chi connectivity index (χ4n) is 0.911. The van der Waals surface area contributed by atoms with E-state index >= 15 is 0 Å². The van der Waals surface area contributed by atoms with Gasteiger partial charge in [0.1, 0.15) is 12.1 Å². The molecule has 3 N–H and O–H groups in total. The molecule has 15 heavy (non-hydrogen) atoms. The van der Waals surface area contributed by atoms with Crippen molar-refractivity contribution in [1.82, 2.24) is 0 Å². The van der Waals surface area contributed by atoms with Gasteiger partial charge in [-0.25, -0.2) is 0 Å². The van der Waals surface area contributed by atoms with E-state index in [1.54, 1.807) is 24.3 Å². The summed E-state index contributed by atoms with van der Waals surface area (Å²) in [6, 6.07) is 10.5. The van der Waals surface area contributed by atoms with Crippen LogP contribution in [0.25, 0.3) is 0 Å². The van der Waals surface area contributed by atoms with Crippen LogP contribution in [0.1, 0.15) is 5.56 Å². The Morgan fingerprint density at radius 3 is 2.33 bits per heavy atom. The molecular formula is C10H9N5. The highest BCUT2D eigenvalue weighted by molar-refractivity contribution is 6.10. The van der Waals surface area contributed by atoms with Gasteiger partial charge in [-0.05, 0) is 17.7 Å². The molecule has 0 aliphatic rings. The lowest BCUT2D eigenvalue weighted by molar-refractivity contribution is 1.07. The van der Waals surface area contributed by atoms with E-state index in [-0.39, 0.29) is 5.71 Å². The minimum Gasteiger partial charge on any atom is -0.326 e. The van der Waals surface area contributed by atoms with Gasteiger partial charge in [0.05, 0.1) is 5.69 Å². The molecule has 0 heterocycles. The number of anilines is 1. The van der Waals surface area contributed by atoms with Crippen LogP contribution in [-0.4, -0.2) is 5.71 Å². The first-order chi connectivity index (χ1) is 7.30. The average molecular weight is 199 g/mol. The Hall–Kier alpha value is -2.37. The Bertz CT molecular complexity index is 416. The van der Waals surface area contributed by atoms with Gasteiger partial charge in [0.25, 0.3) is 0 Å². The second-order valence-corrected chi connectivity index (χ2v) is 2.70. The summed E-state index contributed by atoms with van der Waals surface area (Å²) in [7, 11) is 0. The minimum atomic E-state index is -0.210. The number of nitrogens with zero attached hydrogens (tertiary/aromatic N) is 3. The second kappa shape index (κ2) is 5.38. The number of nitrogens with one attached hydrogen (secondary N) is 1. The molecule has 5 heteroatoms. The Balaban J connectivity index is 2.71. The molecule has 1 aromatic rings. The number of hydrogen-bond donors (Lipinski definition) is 2. The summed E-state index contributed by atoms with van der Waals surface area (Å²) < 4.78 is 0. The van der Waals surface area contributed by atoms with Crippen molar-refractivity contribution < 1.29 is 0 Å². The first-order valence-corrected chi connectivity index (χ1v) is 4.23. The van der Waals surface area contributed by atoms with Gasteiger partial charge in [-0.3, -0.25) is 5.43 Å². The van der Waals surface area contributed by atoms with Crippen LogP contribution < -0.4 is 11.2 Å². The van der Waals surface area contributed by atoms with Crippen molar-refractivity contribution in [3.63, 3.8) is 0 Å². The van der Waals surface area contributed by atoms with Crippen molar-refractivity contribution in [2.45, 2.75) is 6.54 Å². The third kappa shape index (κ3) is 3.11. The molecule has 74 valence electrons. The summed E-state index contributed by atoms with van der Waals surface area (Å²) in [5.41, 5.74) is 9.53. The topological polar surface area (TPSA) is 98.0 Å². The fourth-order valence-corrected chi connectivity index (χ4v) is 0.911. The number of nitriles is 2. The zero-order chi connectivity index (χ0) is 11.1. The molecule has 0 unspecified atom stereocenters. The predicted molar refractivity (Wildman–Crippen MR) is 56.6 cm³/mol. The first kappa shape index (κ1) is 10.7. The van der Waals surface area contributed by atoms with Crippen LogP contribution in [0.15, 0.2) is 29.4 Å². The van der Waals surface area contributed by atoms with Crippen molar-refractivity contribution >= 4 is 11.4 Å². The predicted octanol–water partition coefficient (Wildman–Crippen LogP) is 0.960. The molecule has 5 nitrogen and oxygen atoms in total. The van der Waals surface area contributed by atoms with Crippen LogP contribution in [0.5, 0.6) is 0 Å². The maximum absolute atomic E-state index is 8.43. The maximum Gasteiger partial charge on any atom is 0.237 e. The largest absolute Gasteiger partial charge is 0.326 e. The third-order valence-corrected chi connectivity index (χ3v) is 1.70. The van der Waals surface area contributed by atoms with Gasteiger partial charge in [0.2, 0.25) is 5.71 Å². The van der Waals surface area contributed by atoms with Gasteiger partial charge >= 0.3 is 0 Å². The summed E-state index contributed by atoms with van der Waals surface area (Å²) in [5, 5.41) is 20.5. The SMILES string of the molecule is N#CC(C#N)=NNc1ccc(CN)cc1. The molecule has 0 atom stereocenters. The average Bonchev–Trinajstić information content (AvgIpc) is 2.31. The molecular weight excluding hydrogens is 190 g/mol. The van der Waals surface area contributed by atoms with Crippen molar-refractivity contribution in [3.05, 3.63) is 29.8 Å². The summed E-state index contributed by atoms with van der Waals surface area (Å²) in [4.78, 5) is 0. The normalized spacial score (nSPS) is 8.47. The fraction of sp³-hybridized carbons (Fsp3) is 0.100. The van der Waals surface area contributed by atoms with Crippen LogP contribution in [0, 0.1) is 22.7 Å². The van der Waals surface area contributed by atoms with Crippen molar-refractivity contribution in [2.75, 3.05) is 5.43 Å². The van der Waals surface area contributed by atoms with E-state index in [9.17, 15) is 0 Å². The smallest absolute Gasteiger partial charge is 0.237 e. The molecule has 0 aliphatic heterocycles. The summed E-state index contributed by atoms with van der Waals surface area (Å²) in [6.45, 7) is 0.477. The van der Waals surface area contributed by atoms with Crippen molar-refractivity contribution in [3.8, 4) is 12.1 Å². The molecule has 0 saturated heterocycles. The Morgan fingerprint density at radius 2 is 1.87 bits per heavy atom. The zero-order valence-corrected chi connectivity index (χ0v) is 7.94. The van der Waals surface area contributed by atoms with Crippen molar-refractivity contribution in [1.29, 1.82) is 10.5 Å². The first-order valence-electron chi connectivity index (χ1n) is 4.23. The third-order valence-electron chi connectivity index (χ3n) is 1.70. The highest BCUT2D eigenvalue weighted by atomic mass is 15.3. The zero-order valence-electron chi connectivity index (χ0n) is 7.94. The molecule has 0 fully saturated rings. The lowest BCUT2D eigenvalue weighted by Crippen LogP contribution is -1.98. The molecule has 0 saturated carbocycles. The van der Waals surface area contributed by atoms with Gasteiger partial charge in [0, 0.05) is 6.54 Å². The van der Waals surface area contributed by atoms with Gasteiger partial charge < -0.3 is 5.73 Å². The lowest BCUT2D eigenvalue weighted by atomic mass is 10.2. The Morgan fingerprint density at radius 1 is 1.27 bits per heavy atom. The molecule has 0 amide bonds. The summed E-state index contributed by atoms with van der Waals surface area (Å²) in [5.74, 6) is 0. The summed E-state index contributed by atoms with van der Waals surface area (Å²) >= 11 is 0. The highest BCUT2D eigenvalue weighted by Gasteiger charge is 1.94. The van der Waals surface area contributed by atoms with Crippen LogP contribution in [0.4, 0.5) is 5.69 Å². The van der Waals surface area contributed by atoms with Gasteiger partial charge in [-0.2, -0.15) is 15.6 Å². The quantitative estimate of drug-likeness (QED) is 0.559. The van der Waals surface area contributed by atoms with Gasteiger partial charge in [-0.15, -0.1) is 0 Å². The molecule has 0 radical (unpaired) electrons. The Kier molecular flexibility index (Phi) is 3.84. The van der Waals surface area contributed by atoms with Crippen LogP contribution in [0.3, 0.4) is 0 Å². The number of hydrazone groups is 1. The molecule has 0 aromatic heterocycles. The highest BCUT2D eigenvalue weighted by Crippen LogP contribution is 2.08. The number of rotatable bonds is 3. The lowest BCUT2D eigenvalue weighted by Gasteiger charge is -2.00. The van der Waals surface area contributed by atoms with E-state index in [1.165, 1.54) is 0 Å². The minimum absolute atomic E-state index is 0.210. The van der Waals surface area contributed by atoms with E-state index in [0.717, 1.165) is 5.56 Å². The van der Waals surface area contributed by atoms with Crippen LogP contribution >= 0.6 is 0 Å². The number of benzene rings is 1. The second-order valence-electron chi connectivity index (χ2n) is 2.70. The van der Waals surface area contributed by atoms with Gasteiger partial charge in [0.15, 0.2) is 0 Å². The maximum atomic E-state index is 8.43. The standard InChI is InChI=1S/C10H9N5/c11-5-8-1-3-9(4-2-8)14-15-10(6-12)7-13/h1-4,14H,5,11H2. The Labute approximate surface area is 87.4 Å². The van der Waals surface area contributed by atoms with Gasteiger partial charge in [-0.1, -0.05) is 12.1 Å². The van der Waals surface area contributed by atoms with E-state index in [4.69, 9.17) is 16.3 Å². The molecule has 0 spiro atoms. The van der Waals surface area contributed by atoms with E-state index < -0.39 is 0 Å². The molecule has 1 aromatic carbocycles.